The van der Waals surface area contributed by atoms with Crippen LogP contribution < -0.4 is 5.32 Å². The van der Waals surface area contributed by atoms with E-state index in [0.717, 1.165) is 28.1 Å². The van der Waals surface area contributed by atoms with Crippen LogP contribution in [0, 0.1) is 25.7 Å². The number of ether oxygens (including phenoxy) is 1. The first-order valence-corrected chi connectivity index (χ1v) is 14.2. The van der Waals surface area contributed by atoms with Gasteiger partial charge in [-0.05, 0) is 60.9 Å². The van der Waals surface area contributed by atoms with Gasteiger partial charge in [0.05, 0.1) is 23.7 Å². The lowest BCUT2D eigenvalue weighted by atomic mass is 9.91. The molecule has 0 unspecified atom stereocenters. The van der Waals surface area contributed by atoms with Gasteiger partial charge in [-0.15, -0.1) is 0 Å². The van der Waals surface area contributed by atoms with Crippen molar-refractivity contribution in [2.45, 2.75) is 32.8 Å². The second kappa shape index (κ2) is 13.3. The molecule has 1 aliphatic rings. The number of rotatable bonds is 11. The molecule has 0 spiro atoms. The molecule has 1 N–H and O–H groups in total. The Hall–Kier alpha value is -4.32. The maximum atomic E-state index is 14.0. The fraction of sp³-hybridized carbons (Fsp3) is 0.344. The molecule has 1 aromatic carbocycles. The van der Waals surface area contributed by atoms with Gasteiger partial charge in [-0.25, -0.2) is 9.67 Å². The Balaban J connectivity index is 1.44. The molecule has 1 saturated heterocycles. The van der Waals surface area contributed by atoms with E-state index in [1.165, 1.54) is 12.3 Å². The lowest BCUT2D eigenvalue weighted by Gasteiger charge is -2.17. The number of aryl methyl sites for hydroxylation is 1. The van der Waals surface area contributed by atoms with E-state index in [0.29, 0.717) is 36.6 Å². The van der Waals surface area contributed by atoms with E-state index in [1.54, 1.807) is 36.2 Å². The number of hydroxylamine groups is 2. The van der Waals surface area contributed by atoms with Crippen LogP contribution in [-0.2, 0) is 20.8 Å². The van der Waals surface area contributed by atoms with Gasteiger partial charge >= 0.3 is 0 Å². The van der Waals surface area contributed by atoms with Crippen molar-refractivity contribution >= 4 is 11.7 Å². The average molecular weight is 587 g/mol. The van der Waals surface area contributed by atoms with Gasteiger partial charge in [0.25, 0.3) is 5.91 Å². The highest BCUT2D eigenvalue weighted by atomic mass is 19.1. The summed E-state index contributed by atoms with van der Waals surface area (Å²) in [6.45, 7) is 5.28. The van der Waals surface area contributed by atoms with Gasteiger partial charge in [0.1, 0.15) is 17.6 Å². The first-order chi connectivity index (χ1) is 20.8. The Morgan fingerprint density at radius 3 is 2.63 bits per heavy atom. The maximum absolute atomic E-state index is 14.0. The van der Waals surface area contributed by atoms with Gasteiger partial charge in [-0.1, -0.05) is 18.2 Å². The number of benzene rings is 1. The summed E-state index contributed by atoms with van der Waals surface area (Å²) in [7, 11) is 3.19. The number of halogens is 1. The molecular formula is C32H35FN6O4. The highest BCUT2D eigenvalue weighted by molar-refractivity contribution is 5.93. The first-order valence-electron chi connectivity index (χ1n) is 14.2. The van der Waals surface area contributed by atoms with Crippen LogP contribution in [0.15, 0.2) is 60.9 Å². The highest BCUT2D eigenvalue weighted by Crippen LogP contribution is 2.37. The Kier molecular flexibility index (Phi) is 9.34. The zero-order valence-corrected chi connectivity index (χ0v) is 24.7. The first kappa shape index (κ1) is 30.1. The van der Waals surface area contributed by atoms with Crippen molar-refractivity contribution in [1.82, 2.24) is 30.1 Å². The number of nitrogens with zero attached hydrogens (tertiary/aromatic N) is 5. The minimum absolute atomic E-state index is 0.0118. The predicted octanol–water partition coefficient (Wildman–Crippen LogP) is 4.20. The summed E-state index contributed by atoms with van der Waals surface area (Å²) in [4.78, 5) is 40.1. The number of aromatic nitrogens is 4. The maximum Gasteiger partial charge on any atom is 0.269 e. The largest absolute Gasteiger partial charge is 0.383 e. The molecule has 3 aromatic heterocycles. The van der Waals surface area contributed by atoms with E-state index in [4.69, 9.17) is 14.7 Å². The minimum atomic E-state index is -0.593. The molecule has 5 rings (SSSR count). The highest BCUT2D eigenvalue weighted by Gasteiger charge is 2.37. The van der Waals surface area contributed by atoms with Crippen molar-refractivity contribution in [3.8, 4) is 16.9 Å². The number of para-hydroxylation sites is 1. The summed E-state index contributed by atoms with van der Waals surface area (Å²) in [6.07, 6.45) is 2.93. The van der Waals surface area contributed by atoms with Gasteiger partial charge < -0.3 is 10.1 Å². The number of pyridine rings is 2. The number of hydrogen-bond acceptors (Lipinski definition) is 8. The smallest absolute Gasteiger partial charge is 0.269 e. The van der Waals surface area contributed by atoms with Crippen LogP contribution in [0.25, 0.3) is 16.9 Å². The summed E-state index contributed by atoms with van der Waals surface area (Å²) in [5, 5.41) is 9.30. The molecule has 0 saturated carbocycles. The Morgan fingerprint density at radius 2 is 1.93 bits per heavy atom. The molecular weight excluding hydrogens is 551 g/mol. The average Bonchev–Trinajstić information content (AvgIpc) is 3.56. The molecule has 2 atom stereocenters. The minimum Gasteiger partial charge on any atom is -0.383 e. The summed E-state index contributed by atoms with van der Waals surface area (Å²) in [5.41, 5.74) is 5.59. The van der Waals surface area contributed by atoms with E-state index in [-0.39, 0.29) is 30.4 Å². The number of carbonyl (C=O) groups is 2. The summed E-state index contributed by atoms with van der Waals surface area (Å²) in [6, 6.07) is 14.6. The van der Waals surface area contributed by atoms with Crippen LogP contribution in [0.3, 0.4) is 0 Å². The van der Waals surface area contributed by atoms with Crippen molar-refractivity contribution in [3.63, 3.8) is 0 Å². The third-order valence-electron chi connectivity index (χ3n) is 7.65. The van der Waals surface area contributed by atoms with Gasteiger partial charge in [0.15, 0.2) is 0 Å². The van der Waals surface area contributed by atoms with Crippen LogP contribution in [0.1, 0.15) is 45.4 Å². The van der Waals surface area contributed by atoms with Gasteiger partial charge in [-0.3, -0.25) is 19.4 Å². The zero-order chi connectivity index (χ0) is 30.5. The van der Waals surface area contributed by atoms with E-state index < -0.39 is 12.1 Å². The number of amides is 1. The molecule has 1 fully saturated rings. The van der Waals surface area contributed by atoms with Crippen molar-refractivity contribution in [2.24, 2.45) is 5.92 Å². The predicted molar refractivity (Wildman–Crippen MR) is 158 cm³/mol. The Labute approximate surface area is 249 Å². The molecule has 11 heteroatoms. The molecule has 43 heavy (non-hydrogen) atoms. The normalized spacial score (nSPS) is 16.9. The fourth-order valence-electron chi connectivity index (χ4n) is 5.49. The van der Waals surface area contributed by atoms with Crippen molar-refractivity contribution in [1.29, 1.82) is 0 Å². The zero-order valence-electron chi connectivity index (χ0n) is 24.7. The fourth-order valence-corrected chi connectivity index (χ4v) is 5.49. The third-order valence-corrected chi connectivity index (χ3v) is 7.65. The molecule has 224 valence electrons. The van der Waals surface area contributed by atoms with Crippen molar-refractivity contribution in [2.75, 3.05) is 33.9 Å². The number of Topliss-reactive ketones (excluding diaryl/α,β-unsaturated/α-hetero) is 1. The molecule has 0 aliphatic carbocycles. The Morgan fingerprint density at radius 1 is 1.14 bits per heavy atom. The van der Waals surface area contributed by atoms with Gasteiger partial charge in [0.2, 0.25) is 5.95 Å². The van der Waals surface area contributed by atoms with Crippen molar-refractivity contribution < 1.29 is 23.6 Å². The molecule has 0 radical (unpaired) electrons. The summed E-state index contributed by atoms with van der Waals surface area (Å²) < 4.78 is 21.0. The monoisotopic (exact) mass is 586 g/mol. The molecule has 0 bridgehead atoms. The topological polar surface area (TPSA) is 111 Å². The number of nitrogens with one attached hydrogen (secondary N) is 1. The standard InChI is InChI=1S/C32H35FN6O4/c1-20-14-23(18-36-29(20)32(41)34-3)30-21(2)27(39(37-30)25-8-6-5-7-9-25)17-26(40)15-24-19-38(12-13-42-4)43-31(24)22-10-11-35-28(33)16-22/h5-11,14,16,18,24,31H,12-13,15,17,19H2,1-4H3,(H,34,41)/t24-,31+/m1/s1. The van der Waals surface area contributed by atoms with E-state index >= 15 is 0 Å². The van der Waals surface area contributed by atoms with E-state index in [1.807, 2.05) is 50.2 Å². The van der Waals surface area contributed by atoms with Crippen LogP contribution in [-0.4, -0.2) is 70.4 Å². The van der Waals surface area contributed by atoms with Crippen LogP contribution >= 0.6 is 0 Å². The molecule has 10 nitrogen and oxygen atoms in total. The summed E-state index contributed by atoms with van der Waals surface area (Å²) >= 11 is 0. The second-order valence-corrected chi connectivity index (χ2v) is 10.6. The second-order valence-electron chi connectivity index (χ2n) is 10.6. The van der Waals surface area contributed by atoms with Gasteiger partial charge in [-0.2, -0.15) is 14.6 Å². The molecule has 4 aromatic rings. The quantitative estimate of drug-likeness (QED) is 0.261. The molecule has 1 aliphatic heterocycles. The van der Waals surface area contributed by atoms with E-state index in [9.17, 15) is 14.0 Å². The van der Waals surface area contributed by atoms with Crippen LogP contribution in [0.4, 0.5) is 4.39 Å². The van der Waals surface area contributed by atoms with Crippen LogP contribution in [0.2, 0.25) is 0 Å². The van der Waals surface area contributed by atoms with Crippen molar-refractivity contribution in [3.05, 3.63) is 95.0 Å². The van der Waals surface area contributed by atoms with E-state index in [2.05, 4.69) is 15.3 Å². The van der Waals surface area contributed by atoms with Gasteiger partial charge in [0, 0.05) is 64.0 Å². The number of hydrogen-bond donors (Lipinski definition) is 1. The lowest BCUT2D eigenvalue weighted by molar-refractivity contribution is -0.155. The SMILES string of the molecule is CNC(=O)c1ncc(-c2nn(-c3ccccc3)c(CC(=O)C[C@@H]3CN(CCOC)O[C@H]3c3ccnc(F)c3)c2C)cc1C. The summed E-state index contributed by atoms with van der Waals surface area (Å²) in [5.74, 6) is -1.03. The number of carbonyl (C=O) groups excluding carboxylic acids is 2. The number of ketones is 1. The number of methoxy groups -OCH3 is 1. The molecule has 4 heterocycles. The Bertz CT molecular complexity index is 1610. The lowest BCUT2D eigenvalue weighted by Crippen LogP contribution is -2.24. The molecule has 1 amide bonds. The van der Waals surface area contributed by atoms with Crippen LogP contribution in [0.5, 0.6) is 0 Å². The third kappa shape index (κ3) is 6.69.